The maximum absolute atomic E-state index is 12.9. The van der Waals surface area contributed by atoms with Crippen LogP contribution in [0.25, 0.3) is 0 Å². The molecule has 26 heavy (non-hydrogen) atoms. The molecule has 2 aromatic rings. The standard InChI is InChI=1S/C14H7BrF3N3O5/c15-9-3-1-2-4-10(9)19(7-22)13-11(20(23)24)5-8(14(16,17)18)6-12(13)21(25)26/h1-7H. The van der Waals surface area contributed by atoms with E-state index in [0.717, 1.165) is 0 Å². The number of nitro groups is 2. The average molecular weight is 434 g/mol. The summed E-state index contributed by atoms with van der Waals surface area (Å²) in [4.78, 5) is 32.2. The molecule has 8 nitrogen and oxygen atoms in total. The quantitative estimate of drug-likeness (QED) is 0.389. The molecule has 136 valence electrons. The third-order valence-corrected chi connectivity index (χ3v) is 3.92. The van der Waals surface area contributed by atoms with Crippen molar-refractivity contribution in [1.82, 2.24) is 0 Å². The second kappa shape index (κ2) is 7.07. The molecule has 0 aliphatic heterocycles. The second-order valence-corrected chi connectivity index (χ2v) is 5.66. The van der Waals surface area contributed by atoms with Crippen molar-refractivity contribution in [1.29, 1.82) is 0 Å². The van der Waals surface area contributed by atoms with Gasteiger partial charge in [0, 0.05) is 16.6 Å². The van der Waals surface area contributed by atoms with Crippen LogP contribution < -0.4 is 4.90 Å². The SMILES string of the molecule is O=CN(c1ccccc1Br)c1c([N+](=O)[O-])cc(C(F)(F)F)cc1[N+](=O)[O-]. The lowest BCUT2D eigenvalue weighted by Crippen LogP contribution is -2.19. The van der Waals surface area contributed by atoms with E-state index in [1.807, 2.05) is 0 Å². The number of halogens is 4. The number of carbonyl (C=O) groups is 1. The molecule has 0 aromatic heterocycles. The lowest BCUT2D eigenvalue weighted by atomic mass is 10.1. The summed E-state index contributed by atoms with van der Waals surface area (Å²) in [7, 11) is 0. The van der Waals surface area contributed by atoms with Crippen LogP contribution in [0.1, 0.15) is 5.56 Å². The molecule has 0 saturated carbocycles. The van der Waals surface area contributed by atoms with Crippen molar-refractivity contribution in [2.24, 2.45) is 0 Å². The van der Waals surface area contributed by atoms with E-state index in [1.165, 1.54) is 18.2 Å². The Kier molecular flexibility index (Phi) is 5.25. The van der Waals surface area contributed by atoms with Gasteiger partial charge >= 0.3 is 17.6 Å². The summed E-state index contributed by atoms with van der Waals surface area (Å²) >= 11 is 3.08. The van der Waals surface area contributed by atoms with Crippen molar-refractivity contribution >= 4 is 45.1 Å². The largest absolute Gasteiger partial charge is 0.416 e. The molecule has 0 aliphatic rings. The number of alkyl halides is 3. The number of rotatable bonds is 5. The highest BCUT2D eigenvalue weighted by molar-refractivity contribution is 9.10. The van der Waals surface area contributed by atoms with Crippen LogP contribution in [0, 0.1) is 20.2 Å². The number of benzene rings is 2. The van der Waals surface area contributed by atoms with Crippen molar-refractivity contribution in [3.05, 3.63) is 66.7 Å². The molecule has 0 spiro atoms. The van der Waals surface area contributed by atoms with Gasteiger partial charge in [-0.15, -0.1) is 0 Å². The summed E-state index contributed by atoms with van der Waals surface area (Å²) in [6.07, 6.45) is -5.00. The number of amides is 1. The Balaban J connectivity index is 2.89. The van der Waals surface area contributed by atoms with Crippen LogP contribution in [0.3, 0.4) is 0 Å². The van der Waals surface area contributed by atoms with Gasteiger partial charge in [0.1, 0.15) is 0 Å². The smallest absolute Gasteiger partial charge is 0.278 e. The lowest BCUT2D eigenvalue weighted by Gasteiger charge is -2.19. The number of para-hydroxylation sites is 1. The molecule has 0 heterocycles. The lowest BCUT2D eigenvalue weighted by molar-refractivity contribution is -0.392. The highest BCUT2D eigenvalue weighted by Crippen LogP contribution is 2.45. The predicted octanol–water partition coefficient (Wildman–Crippen LogP) is 4.58. The van der Waals surface area contributed by atoms with Crippen LogP contribution in [-0.4, -0.2) is 16.3 Å². The number of nitro benzene ring substituents is 2. The highest BCUT2D eigenvalue weighted by atomic mass is 79.9. The first-order chi connectivity index (χ1) is 12.1. The van der Waals surface area contributed by atoms with Gasteiger partial charge < -0.3 is 0 Å². The minimum atomic E-state index is -5.05. The predicted molar refractivity (Wildman–Crippen MR) is 87.1 cm³/mol. The Morgan fingerprint density at radius 3 is 1.92 bits per heavy atom. The topological polar surface area (TPSA) is 107 Å². The number of hydrogen-bond acceptors (Lipinski definition) is 5. The minimum Gasteiger partial charge on any atom is -0.278 e. The molecule has 0 unspecified atom stereocenters. The highest BCUT2D eigenvalue weighted by Gasteiger charge is 2.39. The molecule has 2 aromatic carbocycles. The summed E-state index contributed by atoms with van der Waals surface area (Å²) in [5.41, 5.74) is -4.93. The van der Waals surface area contributed by atoms with Gasteiger partial charge in [-0.3, -0.25) is 29.9 Å². The van der Waals surface area contributed by atoms with Crippen LogP contribution in [-0.2, 0) is 11.0 Å². The van der Waals surface area contributed by atoms with Gasteiger partial charge in [-0.1, -0.05) is 12.1 Å². The van der Waals surface area contributed by atoms with E-state index in [2.05, 4.69) is 15.9 Å². The Morgan fingerprint density at radius 2 is 1.54 bits per heavy atom. The number of carbonyl (C=O) groups excluding carboxylic acids is 1. The van der Waals surface area contributed by atoms with Crippen LogP contribution in [0.5, 0.6) is 0 Å². The van der Waals surface area contributed by atoms with Crippen molar-refractivity contribution in [2.75, 3.05) is 4.90 Å². The fourth-order valence-electron chi connectivity index (χ4n) is 2.17. The Morgan fingerprint density at radius 1 is 1.04 bits per heavy atom. The Bertz CT molecular complexity index is 869. The zero-order valence-corrected chi connectivity index (χ0v) is 14.0. The van der Waals surface area contributed by atoms with E-state index in [4.69, 9.17) is 0 Å². The fourth-order valence-corrected chi connectivity index (χ4v) is 2.65. The third kappa shape index (κ3) is 3.64. The number of hydrogen-bond donors (Lipinski definition) is 0. The van der Waals surface area contributed by atoms with Crippen molar-refractivity contribution < 1.29 is 27.8 Å². The zero-order valence-electron chi connectivity index (χ0n) is 12.4. The van der Waals surface area contributed by atoms with Crippen LogP contribution >= 0.6 is 15.9 Å². The van der Waals surface area contributed by atoms with Crippen LogP contribution in [0.4, 0.5) is 35.9 Å². The molecule has 0 aliphatic carbocycles. The second-order valence-electron chi connectivity index (χ2n) is 4.80. The van der Waals surface area contributed by atoms with E-state index in [-0.39, 0.29) is 28.7 Å². The van der Waals surface area contributed by atoms with Gasteiger partial charge in [0.05, 0.1) is 21.1 Å². The molecular weight excluding hydrogens is 427 g/mol. The molecule has 0 atom stereocenters. The molecule has 0 N–H and O–H groups in total. The van der Waals surface area contributed by atoms with Gasteiger partial charge in [-0.2, -0.15) is 13.2 Å². The van der Waals surface area contributed by atoms with E-state index in [9.17, 15) is 38.2 Å². The first-order valence-corrected chi connectivity index (χ1v) is 7.40. The molecular formula is C14H7BrF3N3O5. The van der Waals surface area contributed by atoms with Gasteiger partial charge in [0.2, 0.25) is 12.1 Å². The minimum absolute atomic E-state index is 0.0199. The fraction of sp³-hybridized carbons (Fsp3) is 0.0714. The molecule has 12 heteroatoms. The Labute approximate surface area is 151 Å². The average Bonchev–Trinajstić information content (AvgIpc) is 2.55. The van der Waals surface area contributed by atoms with Crippen molar-refractivity contribution in [2.45, 2.75) is 6.18 Å². The molecule has 0 radical (unpaired) electrons. The molecule has 0 saturated heterocycles. The van der Waals surface area contributed by atoms with Gasteiger partial charge in [-0.05, 0) is 28.1 Å². The summed E-state index contributed by atoms with van der Waals surface area (Å²) in [6, 6.07) is 6.05. The summed E-state index contributed by atoms with van der Waals surface area (Å²) in [5, 5.41) is 22.5. The van der Waals surface area contributed by atoms with Gasteiger partial charge in [-0.25, -0.2) is 0 Å². The molecule has 0 bridgehead atoms. The summed E-state index contributed by atoms with van der Waals surface area (Å²) in [6.45, 7) is 0. The van der Waals surface area contributed by atoms with Crippen molar-refractivity contribution in [3.8, 4) is 0 Å². The molecule has 1 amide bonds. The van der Waals surface area contributed by atoms with E-state index in [1.54, 1.807) is 6.07 Å². The zero-order chi connectivity index (χ0) is 19.6. The normalized spacial score (nSPS) is 11.1. The third-order valence-electron chi connectivity index (χ3n) is 3.25. The van der Waals surface area contributed by atoms with E-state index in [0.29, 0.717) is 4.90 Å². The van der Waals surface area contributed by atoms with Crippen LogP contribution in [0.2, 0.25) is 0 Å². The van der Waals surface area contributed by atoms with E-state index < -0.39 is 38.6 Å². The number of nitrogens with zero attached hydrogens (tertiary/aromatic N) is 3. The first kappa shape index (κ1) is 19.3. The summed E-state index contributed by atoms with van der Waals surface area (Å²) < 4.78 is 39.1. The summed E-state index contributed by atoms with van der Waals surface area (Å²) in [5.74, 6) is 0. The molecule has 2 rings (SSSR count). The van der Waals surface area contributed by atoms with E-state index >= 15 is 0 Å². The van der Waals surface area contributed by atoms with Crippen LogP contribution in [0.15, 0.2) is 40.9 Å². The monoisotopic (exact) mass is 433 g/mol. The Hall–Kier alpha value is -3.02. The van der Waals surface area contributed by atoms with Gasteiger partial charge in [0.15, 0.2) is 0 Å². The first-order valence-electron chi connectivity index (χ1n) is 6.61. The molecule has 0 fully saturated rings. The van der Waals surface area contributed by atoms with Gasteiger partial charge in [0.25, 0.3) is 0 Å². The number of anilines is 2. The van der Waals surface area contributed by atoms with Crippen molar-refractivity contribution in [3.63, 3.8) is 0 Å². The maximum Gasteiger partial charge on any atom is 0.416 e. The maximum atomic E-state index is 12.9.